The van der Waals surface area contributed by atoms with Crippen molar-refractivity contribution in [2.45, 2.75) is 49.2 Å². The van der Waals surface area contributed by atoms with Crippen LogP contribution in [0.25, 0.3) is 33.9 Å². The van der Waals surface area contributed by atoms with E-state index < -0.39 is 79.2 Å². The molecule has 0 atom stereocenters. The first-order valence-corrected chi connectivity index (χ1v) is 13.9. The van der Waals surface area contributed by atoms with Gasteiger partial charge < -0.3 is 9.77 Å². The number of fused-ring (bicyclic) bond motifs is 1. The summed E-state index contributed by atoms with van der Waals surface area (Å²) in [5.41, 5.74) is -3.75. The van der Waals surface area contributed by atoms with E-state index in [0.717, 1.165) is 17.8 Å². The van der Waals surface area contributed by atoms with Crippen molar-refractivity contribution in [3.8, 4) is 40.0 Å². The van der Waals surface area contributed by atoms with Crippen molar-refractivity contribution >= 4 is 9.84 Å². The Morgan fingerprint density at radius 2 is 1.83 bits per heavy atom. The molecule has 3 aliphatic rings. The normalized spacial score (nSPS) is 14.9. The number of benzene rings is 1. The lowest BCUT2D eigenvalue weighted by Crippen LogP contribution is -2.32. The first kappa shape index (κ1) is 28.4. The molecule has 0 spiro atoms. The molecule has 214 valence electrons. The number of hydrogen-bond acceptors (Lipinski definition) is 5. The number of pyridine rings is 2. The summed E-state index contributed by atoms with van der Waals surface area (Å²) < 4.78 is 109. The van der Waals surface area contributed by atoms with E-state index in [-0.39, 0.29) is 10.3 Å². The minimum atomic E-state index is -4.98. The lowest BCUT2D eigenvalue weighted by atomic mass is 9.95. The monoisotopic (exact) mass is 594 g/mol. The largest absolute Gasteiger partial charge is 0.618 e. The quantitative estimate of drug-likeness (QED) is 0.155. The Labute approximate surface area is 230 Å². The molecule has 1 fully saturated rings. The minimum absolute atomic E-state index is 0.0515. The highest BCUT2D eigenvalue weighted by atomic mass is 32.2. The minimum Gasteiger partial charge on any atom is -0.618 e. The summed E-state index contributed by atoms with van der Waals surface area (Å²) in [5, 5.41) is 22.7. The summed E-state index contributed by atoms with van der Waals surface area (Å²) in [5.74, 6) is -1.94. The molecule has 41 heavy (non-hydrogen) atoms. The maximum absolute atomic E-state index is 15.7. The van der Waals surface area contributed by atoms with Crippen LogP contribution in [-0.2, 0) is 28.0 Å². The molecule has 1 saturated carbocycles. The number of hydrogen-bond donors (Lipinski definition) is 0. The van der Waals surface area contributed by atoms with Crippen molar-refractivity contribution in [3.63, 3.8) is 0 Å². The summed E-state index contributed by atoms with van der Waals surface area (Å²) in [7, 11) is -4.25. The fourth-order valence-corrected chi connectivity index (χ4v) is 5.83. The van der Waals surface area contributed by atoms with Gasteiger partial charge in [0.15, 0.2) is 27.5 Å². The Morgan fingerprint density at radius 1 is 1.17 bits per heavy atom. The number of nitriles is 1. The van der Waals surface area contributed by atoms with Gasteiger partial charge in [0.05, 0.1) is 35.0 Å². The Kier molecular flexibility index (Phi) is 6.76. The van der Waals surface area contributed by atoms with Crippen LogP contribution in [0, 0.1) is 22.4 Å². The van der Waals surface area contributed by atoms with E-state index in [1.807, 2.05) is 0 Å². The molecule has 1 aromatic carbocycles. The predicted molar refractivity (Wildman–Crippen MR) is 134 cm³/mol. The summed E-state index contributed by atoms with van der Waals surface area (Å²) in [6, 6.07) is 10.4. The van der Waals surface area contributed by atoms with E-state index in [9.17, 15) is 40.8 Å². The molecular weight excluding hydrogens is 574 g/mol. The maximum atomic E-state index is 15.7. The third kappa shape index (κ3) is 4.99. The smallest absolute Gasteiger partial charge is 0.417 e. The summed E-state index contributed by atoms with van der Waals surface area (Å²) in [4.78, 5) is 3.16. The zero-order valence-corrected chi connectivity index (χ0v) is 22.0. The topological polar surface area (TPSA) is 103 Å². The fourth-order valence-electron chi connectivity index (χ4n) is 4.73. The van der Waals surface area contributed by atoms with Gasteiger partial charge in [-0.1, -0.05) is 31.2 Å². The molecule has 5 rings (SSSR count). The Morgan fingerprint density at radius 3 is 2.37 bits per heavy atom. The molecule has 7 nitrogen and oxygen atoms in total. The number of rotatable bonds is 7. The molecule has 0 amide bonds. The maximum Gasteiger partial charge on any atom is 0.417 e. The second-order valence-corrected chi connectivity index (χ2v) is 12.0. The van der Waals surface area contributed by atoms with Crippen LogP contribution in [-0.4, -0.2) is 30.1 Å². The molecule has 0 unspecified atom stereocenters. The van der Waals surface area contributed by atoms with Crippen LogP contribution in [0.3, 0.4) is 0 Å². The standard InChI is InChI=1S/C27H20F6N4O3S/c1-2-41(39,40)20-9-16(15-3-5-17(6-4-15)26(14-34)7-8-26)11-37(38)25(20)23-22(30)24-19(35-23)10-18(27(31,32)33)12-36(24)13-21(28)29/h3-6,9-12,21H,2,7-8,13H2,1H3. The molecule has 0 radical (unpaired) electrons. The molecule has 1 aromatic heterocycles. The number of aromatic nitrogens is 3. The van der Waals surface area contributed by atoms with Crippen LogP contribution >= 0.6 is 0 Å². The SMILES string of the molecule is CCS(=O)(=O)c1cc(-c2ccc(C3(C#N)CC3)cc2)c[n+]([O-])c1-c1nc2cc(C(F)(F)F)cn(CC(F)F)c-2c1F. The first-order valence-electron chi connectivity index (χ1n) is 12.3. The van der Waals surface area contributed by atoms with Gasteiger partial charge in [-0.25, -0.2) is 26.6 Å². The average Bonchev–Trinajstić information content (AvgIpc) is 3.65. The van der Waals surface area contributed by atoms with Gasteiger partial charge in [-0.2, -0.15) is 23.2 Å². The van der Waals surface area contributed by atoms with Gasteiger partial charge in [0.2, 0.25) is 0 Å². The summed E-state index contributed by atoms with van der Waals surface area (Å²) >= 11 is 0. The highest BCUT2D eigenvalue weighted by Crippen LogP contribution is 2.48. The van der Waals surface area contributed by atoms with Crippen LogP contribution in [0.15, 0.2) is 53.7 Å². The molecule has 2 aromatic rings. The van der Waals surface area contributed by atoms with Gasteiger partial charge in [0.1, 0.15) is 10.6 Å². The third-order valence-corrected chi connectivity index (χ3v) is 8.84. The highest BCUT2D eigenvalue weighted by Gasteiger charge is 2.45. The Hall–Kier alpha value is -4.12. The van der Waals surface area contributed by atoms with Crippen molar-refractivity contribution < 1.29 is 39.5 Å². The molecule has 0 saturated heterocycles. The lowest BCUT2D eigenvalue weighted by Gasteiger charge is -2.16. The first-order chi connectivity index (χ1) is 19.2. The average molecular weight is 595 g/mol. The van der Waals surface area contributed by atoms with E-state index in [4.69, 9.17) is 0 Å². The lowest BCUT2D eigenvalue weighted by molar-refractivity contribution is -0.595. The Balaban J connectivity index is 1.72. The fraction of sp³-hybridized carbons (Fsp3) is 0.296. The van der Waals surface area contributed by atoms with Crippen molar-refractivity contribution in [1.82, 2.24) is 9.55 Å². The van der Waals surface area contributed by atoms with Crippen LogP contribution < -0.4 is 4.73 Å². The number of alkyl halides is 5. The molecule has 0 N–H and O–H groups in total. The second-order valence-electron chi connectivity index (χ2n) is 9.72. The number of halogens is 6. The van der Waals surface area contributed by atoms with Gasteiger partial charge in [0.25, 0.3) is 12.1 Å². The van der Waals surface area contributed by atoms with Gasteiger partial charge in [-0.15, -0.1) is 0 Å². The zero-order chi connectivity index (χ0) is 29.9. The van der Waals surface area contributed by atoms with Gasteiger partial charge in [0, 0.05) is 11.8 Å². The van der Waals surface area contributed by atoms with Crippen LogP contribution in [0.2, 0.25) is 0 Å². The van der Waals surface area contributed by atoms with Crippen molar-refractivity contribution in [2.75, 3.05) is 5.75 Å². The van der Waals surface area contributed by atoms with E-state index in [1.54, 1.807) is 24.3 Å². The van der Waals surface area contributed by atoms with Crippen molar-refractivity contribution in [2.24, 2.45) is 0 Å². The van der Waals surface area contributed by atoms with Gasteiger partial charge in [-0.05, 0) is 36.1 Å². The van der Waals surface area contributed by atoms with E-state index in [1.165, 1.54) is 6.92 Å². The molecule has 1 aliphatic carbocycles. The van der Waals surface area contributed by atoms with Crippen molar-refractivity contribution in [3.05, 3.63) is 70.9 Å². The molecule has 3 heterocycles. The van der Waals surface area contributed by atoms with E-state index in [2.05, 4.69) is 11.1 Å². The van der Waals surface area contributed by atoms with Crippen molar-refractivity contribution in [1.29, 1.82) is 5.26 Å². The molecule has 2 aliphatic heterocycles. The Bertz CT molecular complexity index is 1770. The van der Waals surface area contributed by atoms with Crippen LogP contribution in [0.1, 0.15) is 30.9 Å². The van der Waals surface area contributed by atoms with E-state index in [0.29, 0.717) is 35.2 Å². The van der Waals surface area contributed by atoms with Crippen LogP contribution in [0.5, 0.6) is 0 Å². The van der Waals surface area contributed by atoms with Gasteiger partial charge in [-0.3, -0.25) is 0 Å². The molecule has 0 bridgehead atoms. The zero-order valence-electron chi connectivity index (χ0n) is 21.2. The summed E-state index contributed by atoms with van der Waals surface area (Å²) in [6.07, 6.45) is -5.46. The molecule has 14 heteroatoms. The predicted octanol–water partition coefficient (Wildman–Crippen LogP) is 5.73. The highest BCUT2D eigenvalue weighted by molar-refractivity contribution is 7.91. The number of sulfone groups is 1. The second kappa shape index (κ2) is 9.76. The van der Waals surface area contributed by atoms with Gasteiger partial charge >= 0.3 is 6.18 Å². The van der Waals surface area contributed by atoms with Crippen LogP contribution in [0.4, 0.5) is 26.3 Å². The third-order valence-electron chi connectivity index (χ3n) is 7.10. The van der Waals surface area contributed by atoms with E-state index >= 15 is 4.39 Å². The molecular formula is C27H20F6N4O3S. The summed E-state index contributed by atoms with van der Waals surface area (Å²) in [6.45, 7) is -0.0217. The number of nitrogens with zero attached hydrogens (tertiary/aromatic N) is 4.